The lowest BCUT2D eigenvalue weighted by Gasteiger charge is -2.28. The predicted molar refractivity (Wildman–Crippen MR) is 109 cm³/mol. The van der Waals surface area contributed by atoms with Gasteiger partial charge in [0.2, 0.25) is 0 Å². The predicted octanol–water partition coefficient (Wildman–Crippen LogP) is 5.73. The molecule has 0 aliphatic carbocycles. The number of hydrogen-bond acceptors (Lipinski definition) is 3. The summed E-state index contributed by atoms with van der Waals surface area (Å²) in [7, 11) is 0. The van der Waals surface area contributed by atoms with E-state index in [9.17, 15) is 10.2 Å². The number of nitrogens with one attached hydrogen (secondary N) is 1. The van der Waals surface area contributed by atoms with Gasteiger partial charge in [-0.3, -0.25) is 5.41 Å². The summed E-state index contributed by atoms with van der Waals surface area (Å²) in [4.78, 5) is 0. The second kappa shape index (κ2) is 6.46. The van der Waals surface area contributed by atoms with E-state index in [1.165, 1.54) is 0 Å². The third-order valence-electron chi connectivity index (χ3n) is 4.82. The Kier molecular flexibility index (Phi) is 4.97. The highest BCUT2D eigenvalue weighted by Gasteiger charge is 2.27. The molecule has 0 fully saturated rings. The standard InChI is InChI=1S/C23H31NO2/c1-13-9-16(25)10-14(2)19(13)20(24)17-11-15(22(3,4)5)12-18(21(17)26)23(6,7)8/h9-12,24-26H,1-8H3. The molecule has 2 aromatic carbocycles. The van der Waals surface area contributed by atoms with Crippen molar-refractivity contribution in [1.29, 1.82) is 5.41 Å². The maximum absolute atomic E-state index is 11.0. The Bertz CT molecular complexity index is 842. The zero-order chi connectivity index (χ0) is 20.0. The number of phenols is 2. The number of benzene rings is 2. The van der Waals surface area contributed by atoms with Gasteiger partial charge in [0.25, 0.3) is 0 Å². The van der Waals surface area contributed by atoms with Crippen LogP contribution < -0.4 is 0 Å². The summed E-state index contributed by atoms with van der Waals surface area (Å²) in [6.07, 6.45) is 0. The molecule has 3 nitrogen and oxygen atoms in total. The lowest BCUT2D eigenvalue weighted by molar-refractivity contribution is 0.443. The van der Waals surface area contributed by atoms with E-state index in [1.54, 1.807) is 12.1 Å². The third kappa shape index (κ3) is 3.77. The van der Waals surface area contributed by atoms with E-state index < -0.39 is 0 Å². The van der Waals surface area contributed by atoms with Crippen molar-refractivity contribution >= 4 is 5.71 Å². The van der Waals surface area contributed by atoms with Crippen LogP contribution in [0.2, 0.25) is 0 Å². The van der Waals surface area contributed by atoms with Crippen LogP contribution in [0.5, 0.6) is 11.5 Å². The molecular weight excluding hydrogens is 322 g/mol. The number of hydrogen-bond donors (Lipinski definition) is 3. The summed E-state index contributed by atoms with van der Waals surface area (Å²) >= 11 is 0. The normalized spacial score (nSPS) is 12.3. The highest BCUT2D eigenvalue weighted by Crippen LogP contribution is 2.39. The molecule has 0 unspecified atom stereocenters. The first-order valence-corrected chi connectivity index (χ1v) is 9.01. The molecule has 26 heavy (non-hydrogen) atoms. The molecule has 3 heteroatoms. The molecule has 3 N–H and O–H groups in total. The van der Waals surface area contributed by atoms with Crippen LogP contribution in [0.3, 0.4) is 0 Å². The van der Waals surface area contributed by atoms with Gasteiger partial charge in [0.05, 0.1) is 5.71 Å². The van der Waals surface area contributed by atoms with Crippen molar-refractivity contribution in [2.24, 2.45) is 0 Å². The molecule has 2 aromatic rings. The van der Waals surface area contributed by atoms with Crippen LogP contribution >= 0.6 is 0 Å². The maximum atomic E-state index is 11.0. The van der Waals surface area contributed by atoms with Crippen LogP contribution in [0.4, 0.5) is 0 Å². The smallest absolute Gasteiger partial charge is 0.128 e. The van der Waals surface area contributed by atoms with Crippen molar-refractivity contribution in [1.82, 2.24) is 0 Å². The van der Waals surface area contributed by atoms with E-state index in [0.29, 0.717) is 5.56 Å². The Morgan fingerprint density at radius 1 is 0.808 bits per heavy atom. The van der Waals surface area contributed by atoms with Gasteiger partial charge >= 0.3 is 0 Å². The Labute approximate surface area is 157 Å². The summed E-state index contributed by atoms with van der Waals surface area (Å²) in [6.45, 7) is 16.4. The Morgan fingerprint density at radius 3 is 1.73 bits per heavy atom. The van der Waals surface area contributed by atoms with Crippen molar-refractivity contribution in [3.05, 3.63) is 57.6 Å². The van der Waals surface area contributed by atoms with Crippen LogP contribution in [0.15, 0.2) is 24.3 Å². The van der Waals surface area contributed by atoms with Gasteiger partial charge in [0.15, 0.2) is 0 Å². The fraction of sp³-hybridized carbons (Fsp3) is 0.435. The zero-order valence-corrected chi connectivity index (χ0v) is 17.2. The largest absolute Gasteiger partial charge is 0.508 e. The number of phenolic OH excluding ortho intramolecular Hbond substituents is 2. The molecule has 0 spiro atoms. The zero-order valence-electron chi connectivity index (χ0n) is 17.2. The third-order valence-corrected chi connectivity index (χ3v) is 4.82. The van der Waals surface area contributed by atoms with Crippen LogP contribution in [0.25, 0.3) is 0 Å². The minimum Gasteiger partial charge on any atom is -0.508 e. The molecule has 0 atom stereocenters. The lowest BCUT2D eigenvalue weighted by atomic mass is 9.77. The SMILES string of the molecule is Cc1cc(O)cc(C)c1C(=N)c1cc(C(C)(C)C)cc(C(C)(C)C)c1O. The van der Waals surface area contributed by atoms with Crippen LogP contribution in [0, 0.1) is 19.3 Å². The Hall–Kier alpha value is -2.29. The highest BCUT2D eigenvalue weighted by atomic mass is 16.3. The number of aromatic hydroxyl groups is 2. The van der Waals surface area contributed by atoms with Gasteiger partial charge in [0.1, 0.15) is 11.5 Å². The summed E-state index contributed by atoms with van der Waals surface area (Å²) in [6, 6.07) is 7.31. The Balaban J connectivity index is 2.79. The highest BCUT2D eigenvalue weighted by molar-refractivity contribution is 6.14. The van der Waals surface area contributed by atoms with Gasteiger partial charge in [-0.05, 0) is 59.6 Å². The quantitative estimate of drug-likeness (QED) is 0.604. The minimum atomic E-state index is -0.237. The van der Waals surface area contributed by atoms with Gasteiger partial charge < -0.3 is 10.2 Å². The fourth-order valence-corrected chi connectivity index (χ4v) is 3.30. The molecule has 0 bridgehead atoms. The summed E-state index contributed by atoms with van der Waals surface area (Å²) in [5.74, 6) is 0.363. The fourth-order valence-electron chi connectivity index (χ4n) is 3.30. The molecule has 0 aliphatic heterocycles. The molecule has 0 heterocycles. The summed E-state index contributed by atoms with van der Waals surface area (Å²) < 4.78 is 0. The van der Waals surface area contributed by atoms with Crippen molar-refractivity contribution in [2.75, 3.05) is 0 Å². The first kappa shape index (κ1) is 20.0. The second-order valence-corrected chi connectivity index (χ2v) is 9.25. The summed E-state index contributed by atoms with van der Waals surface area (Å²) in [5.41, 5.74) is 4.84. The maximum Gasteiger partial charge on any atom is 0.128 e. The molecule has 0 saturated carbocycles. The topological polar surface area (TPSA) is 64.3 Å². The minimum absolute atomic E-state index is 0.0955. The van der Waals surface area contributed by atoms with Crippen molar-refractivity contribution in [3.63, 3.8) is 0 Å². The molecule has 2 rings (SSSR count). The molecule has 0 radical (unpaired) electrons. The van der Waals surface area contributed by atoms with Crippen LogP contribution in [-0.4, -0.2) is 15.9 Å². The van der Waals surface area contributed by atoms with Crippen molar-refractivity contribution in [3.8, 4) is 11.5 Å². The monoisotopic (exact) mass is 353 g/mol. The Morgan fingerprint density at radius 2 is 1.31 bits per heavy atom. The van der Waals surface area contributed by atoms with Gasteiger partial charge in [-0.1, -0.05) is 47.6 Å². The van der Waals surface area contributed by atoms with Crippen LogP contribution in [0.1, 0.15) is 74.9 Å². The van der Waals surface area contributed by atoms with Crippen LogP contribution in [-0.2, 0) is 10.8 Å². The average Bonchev–Trinajstić information content (AvgIpc) is 2.43. The molecular formula is C23H31NO2. The van der Waals surface area contributed by atoms with E-state index in [4.69, 9.17) is 5.41 Å². The van der Waals surface area contributed by atoms with E-state index >= 15 is 0 Å². The van der Waals surface area contributed by atoms with E-state index in [2.05, 4.69) is 47.6 Å². The number of aryl methyl sites for hydroxylation is 2. The average molecular weight is 354 g/mol. The molecule has 0 aliphatic rings. The summed E-state index contributed by atoms with van der Waals surface area (Å²) in [5, 5.41) is 29.6. The first-order valence-electron chi connectivity index (χ1n) is 9.01. The number of rotatable bonds is 2. The van der Waals surface area contributed by atoms with E-state index in [-0.39, 0.29) is 28.0 Å². The molecule has 0 saturated heterocycles. The first-order chi connectivity index (χ1) is 11.7. The van der Waals surface area contributed by atoms with Gasteiger partial charge in [-0.2, -0.15) is 0 Å². The van der Waals surface area contributed by atoms with Crippen molar-refractivity contribution in [2.45, 2.75) is 66.2 Å². The lowest BCUT2D eigenvalue weighted by Crippen LogP contribution is -2.19. The molecule has 0 amide bonds. The van der Waals surface area contributed by atoms with Gasteiger partial charge in [-0.25, -0.2) is 0 Å². The van der Waals surface area contributed by atoms with Gasteiger partial charge in [0, 0.05) is 16.7 Å². The van der Waals surface area contributed by atoms with E-state index in [0.717, 1.165) is 27.8 Å². The molecule has 140 valence electrons. The van der Waals surface area contributed by atoms with Crippen molar-refractivity contribution < 1.29 is 10.2 Å². The van der Waals surface area contributed by atoms with E-state index in [1.807, 2.05) is 19.9 Å². The van der Waals surface area contributed by atoms with Gasteiger partial charge in [-0.15, -0.1) is 0 Å². The molecule has 0 aromatic heterocycles. The second-order valence-electron chi connectivity index (χ2n) is 9.25.